The molecule has 3 rings (SSSR count). The van der Waals surface area contributed by atoms with Gasteiger partial charge in [0.1, 0.15) is 12.2 Å². The Morgan fingerprint density at radius 3 is 2.68 bits per heavy atom. The Hall–Kier alpha value is -2.59. The Bertz CT molecular complexity index is 802. The van der Waals surface area contributed by atoms with Crippen LogP contribution in [0.15, 0.2) is 11.0 Å². The number of nitrogens with zero attached hydrogens (tertiary/aromatic N) is 3. The summed E-state index contributed by atoms with van der Waals surface area (Å²) in [5.41, 5.74) is 4.27. The van der Waals surface area contributed by atoms with E-state index in [1.54, 1.807) is 12.1 Å². The van der Waals surface area contributed by atoms with E-state index in [2.05, 4.69) is 10.9 Å². The first kappa shape index (κ1) is 20.2. The molecule has 1 aromatic heterocycles. The van der Waals surface area contributed by atoms with Crippen molar-refractivity contribution in [1.82, 2.24) is 20.4 Å². The minimum Gasteiger partial charge on any atom is -0.502 e. The average molecular weight is 393 g/mol. The molecule has 10 nitrogen and oxygen atoms in total. The summed E-state index contributed by atoms with van der Waals surface area (Å²) in [5.74, 6) is -1.86. The molecule has 0 unspecified atom stereocenters. The van der Waals surface area contributed by atoms with Gasteiger partial charge < -0.3 is 14.7 Å². The first-order chi connectivity index (χ1) is 13.4. The van der Waals surface area contributed by atoms with Gasteiger partial charge >= 0.3 is 0 Å². The molecule has 3 N–H and O–H groups in total. The van der Waals surface area contributed by atoms with Gasteiger partial charge in [0.25, 0.3) is 11.8 Å². The van der Waals surface area contributed by atoms with Gasteiger partial charge in [0.15, 0.2) is 11.4 Å². The van der Waals surface area contributed by atoms with Crippen LogP contribution in [0.4, 0.5) is 0 Å². The summed E-state index contributed by atoms with van der Waals surface area (Å²) in [7, 11) is 3.22. The van der Waals surface area contributed by atoms with Crippen LogP contribution < -0.4 is 21.3 Å². The van der Waals surface area contributed by atoms with Gasteiger partial charge in [-0.2, -0.15) is 0 Å². The summed E-state index contributed by atoms with van der Waals surface area (Å²) >= 11 is 0. The van der Waals surface area contributed by atoms with Crippen LogP contribution >= 0.6 is 0 Å². The van der Waals surface area contributed by atoms with Gasteiger partial charge in [0.05, 0.1) is 6.61 Å². The molecule has 10 heteroatoms. The molecule has 1 aliphatic carbocycles. The molecule has 0 atom stereocenters. The van der Waals surface area contributed by atoms with Crippen LogP contribution in [-0.2, 0) is 4.74 Å². The number of fused-ring (bicyclic) bond motifs is 1. The van der Waals surface area contributed by atoms with Gasteiger partial charge in [-0.3, -0.25) is 29.5 Å². The highest BCUT2D eigenvalue weighted by Crippen LogP contribution is 2.20. The van der Waals surface area contributed by atoms with Crippen molar-refractivity contribution in [2.75, 3.05) is 39.0 Å². The van der Waals surface area contributed by atoms with Crippen molar-refractivity contribution >= 4 is 11.8 Å². The lowest BCUT2D eigenvalue weighted by Gasteiger charge is -2.37. The first-order valence-corrected chi connectivity index (χ1v) is 9.48. The van der Waals surface area contributed by atoms with Crippen LogP contribution in [0.1, 0.15) is 53.0 Å². The van der Waals surface area contributed by atoms with Crippen molar-refractivity contribution < 1.29 is 19.4 Å². The lowest BCUT2D eigenvalue weighted by molar-refractivity contribution is 0.0628. The van der Waals surface area contributed by atoms with Crippen molar-refractivity contribution in [1.29, 1.82) is 0 Å². The Kier molecular flexibility index (Phi) is 6.20. The average Bonchev–Trinajstić information content (AvgIpc) is 2.70. The van der Waals surface area contributed by atoms with E-state index in [0.717, 1.165) is 25.7 Å². The van der Waals surface area contributed by atoms with Crippen molar-refractivity contribution in [3.8, 4) is 5.75 Å². The highest BCUT2D eigenvalue weighted by Gasteiger charge is 2.33. The van der Waals surface area contributed by atoms with Crippen LogP contribution in [0.2, 0.25) is 0 Å². The molecule has 2 heterocycles. The van der Waals surface area contributed by atoms with Gasteiger partial charge in [-0.15, -0.1) is 0 Å². The lowest BCUT2D eigenvalue weighted by Crippen LogP contribution is -2.54. The van der Waals surface area contributed by atoms with Crippen LogP contribution in [0, 0.1) is 0 Å². The fraction of sp³-hybridized carbons (Fsp3) is 0.611. The number of methoxy groups -OCH3 is 1. The summed E-state index contributed by atoms with van der Waals surface area (Å²) in [5, 5.41) is 12.0. The normalized spacial score (nSPS) is 17.6. The first-order valence-electron chi connectivity index (χ1n) is 9.48. The fourth-order valence-electron chi connectivity index (χ4n) is 3.60. The van der Waals surface area contributed by atoms with E-state index in [1.807, 2.05) is 0 Å². The molecular weight excluding hydrogens is 366 g/mol. The van der Waals surface area contributed by atoms with E-state index in [4.69, 9.17) is 4.74 Å². The third-order valence-corrected chi connectivity index (χ3v) is 5.20. The fourth-order valence-corrected chi connectivity index (χ4v) is 3.60. The minimum absolute atomic E-state index is 0.161. The zero-order valence-electron chi connectivity index (χ0n) is 16.2. The number of carbonyl (C=O) groups is 2. The molecule has 0 spiro atoms. The maximum atomic E-state index is 12.7. The number of nitrogens with one attached hydrogen (secondary N) is 2. The van der Waals surface area contributed by atoms with Crippen molar-refractivity contribution in [3.05, 3.63) is 27.7 Å². The Balaban J connectivity index is 1.82. The third kappa shape index (κ3) is 3.97. The Morgan fingerprint density at radius 1 is 1.29 bits per heavy atom. The van der Waals surface area contributed by atoms with E-state index in [-0.39, 0.29) is 24.0 Å². The zero-order valence-corrected chi connectivity index (χ0v) is 16.2. The van der Waals surface area contributed by atoms with Crippen LogP contribution in [-0.4, -0.2) is 66.5 Å². The maximum absolute atomic E-state index is 12.7. The number of hydrazine groups is 1. The van der Waals surface area contributed by atoms with Gasteiger partial charge in [-0.05, 0) is 12.8 Å². The molecule has 1 saturated carbocycles. The van der Waals surface area contributed by atoms with Gasteiger partial charge in [0.2, 0.25) is 5.43 Å². The highest BCUT2D eigenvalue weighted by atomic mass is 16.5. The van der Waals surface area contributed by atoms with E-state index in [1.165, 1.54) is 29.3 Å². The number of hydrogen-bond donors (Lipinski definition) is 3. The molecule has 1 fully saturated rings. The summed E-state index contributed by atoms with van der Waals surface area (Å²) in [6, 6.07) is 0.172. The predicted molar refractivity (Wildman–Crippen MR) is 102 cm³/mol. The summed E-state index contributed by atoms with van der Waals surface area (Å²) in [6.07, 6.45) is 6.60. The minimum atomic E-state index is -0.871. The molecule has 154 valence electrons. The number of amides is 2. The molecule has 1 aromatic rings. The summed E-state index contributed by atoms with van der Waals surface area (Å²) in [4.78, 5) is 39.2. The smallest absolute Gasteiger partial charge is 0.277 e. The van der Waals surface area contributed by atoms with Gasteiger partial charge in [0, 0.05) is 32.9 Å². The number of ether oxygens (including phenoxy) is 1. The number of carbonyl (C=O) groups excluding carboxylic acids is 2. The van der Waals surface area contributed by atoms with Gasteiger partial charge in [-0.1, -0.05) is 19.3 Å². The number of aromatic hydroxyl groups is 1. The van der Waals surface area contributed by atoms with E-state index >= 15 is 0 Å². The van der Waals surface area contributed by atoms with Crippen LogP contribution in [0.5, 0.6) is 5.75 Å². The van der Waals surface area contributed by atoms with Crippen molar-refractivity contribution in [3.63, 3.8) is 0 Å². The molecule has 1 aliphatic heterocycles. The third-order valence-electron chi connectivity index (χ3n) is 5.20. The second-order valence-electron chi connectivity index (χ2n) is 7.21. The second kappa shape index (κ2) is 8.61. The highest BCUT2D eigenvalue weighted by molar-refractivity contribution is 5.99. The molecule has 2 aliphatic rings. The number of pyridine rings is 1. The Morgan fingerprint density at radius 2 is 2.00 bits per heavy atom. The van der Waals surface area contributed by atoms with Gasteiger partial charge in [-0.25, -0.2) is 5.43 Å². The molecule has 0 aromatic carbocycles. The molecular formula is C18H27N5O5. The van der Waals surface area contributed by atoms with Crippen molar-refractivity contribution in [2.24, 2.45) is 0 Å². The number of hydrogen-bond acceptors (Lipinski definition) is 7. The topological polar surface area (TPSA) is 116 Å². The monoisotopic (exact) mass is 393 g/mol. The van der Waals surface area contributed by atoms with Crippen LogP contribution in [0.25, 0.3) is 0 Å². The second-order valence-corrected chi connectivity index (χ2v) is 7.21. The predicted octanol–water partition coefficient (Wildman–Crippen LogP) is -0.251. The lowest BCUT2D eigenvalue weighted by atomic mass is 9.96. The Labute approximate surface area is 163 Å². The molecule has 2 amide bonds. The maximum Gasteiger partial charge on any atom is 0.277 e. The zero-order chi connectivity index (χ0) is 20.3. The SMILES string of the molecule is COCCN1CN(C)n2cc(C(=O)NNC3CCCCC3)c(=O)c(O)c2C1=O. The van der Waals surface area contributed by atoms with Crippen LogP contribution in [0.3, 0.4) is 0 Å². The van der Waals surface area contributed by atoms with Crippen molar-refractivity contribution in [2.45, 2.75) is 38.1 Å². The number of aromatic nitrogens is 1. The standard InChI is InChI=1S/C18H27N5O5/c1-21-11-22(8-9-28-2)18(27)14-16(25)15(24)13(10-23(14)21)17(26)20-19-12-6-4-3-5-7-12/h10,12,19,25H,3-9,11H2,1-2H3,(H,20,26). The largest absolute Gasteiger partial charge is 0.502 e. The molecule has 0 saturated heterocycles. The quantitative estimate of drug-likeness (QED) is 0.571. The van der Waals surface area contributed by atoms with E-state index in [0.29, 0.717) is 13.2 Å². The molecule has 0 radical (unpaired) electrons. The molecule has 0 bridgehead atoms. The number of rotatable bonds is 6. The summed E-state index contributed by atoms with van der Waals surface area (Å²) < 4.78 is 6.34. The summed E-state index contributed by atoms with van der Waals surface area (Å²) in [6.45, 7) is 0.887. The van der Waals surface area contributed by atoms with E-state index < -0.39 is 23.0 Å². The van der Waals surface area contributed by atoms with E-state index in [9.17, 15) is 19.5 Å². The molecule has 28 heavy (non-hydrogen) atoms.